The molecule has 1 atom stereocenters. The Kier molecular flexibility index (Phi) is 6.45. The summed E-state index contributed by atoms with van der Waals surface area (Å²) in [5.74, 6) is 0.854. The molecular weight excluding hydrogens is 278 g/mol. The van der Waals surface area contributed by atoms with Crippen LogP contribution >= 0.6 is 0 Å². The van der Waals surface area contributed by atoms with Crippen LogP contribution in [0.2, 0.25) is 0 Å². The normalized spacial score (nSPS) is 20.9. The van der Waals surface area contributed by atoms with Gasteiger partial charge in [0.2, 0.25) is 0 Å². The number of hydrogen-bond acceptors (Lipinski definition) is 4. The minimum absolute atomic E-state index is 0.0159. The summed E-state index contributed by atoms with van der Waals surface area (Å²) in [4.78, 5) is 13.9. The van der Waals surface area contributed by atoms with E-state index in [1.54, 1.807) is 18.9 Å². The van der Waals surface area contributed by atoms with E-state index < -0.39 is 15.9 Å². The van der Waals surface area contributed by atoms with Gasteiger partial charge in [-0.25, -0.2) is 8.42 Å². The third kappa shape index (κ3) is 5.40. The molecule has 1 fully saturated rings. The molecule has 0 spiro atoms. The van der Waals surface area contributed by atoms with Crippen molar-refractivity contribution in [2.75, 3.05) is 25.2 Å². The average Bonchev–Trinajstić information content (AvgIpc) is 2.36. The first-order chi connectivity index (χ1) is 9.23. The van der Waals surface area contributed by atoms with E-state index >= 15 is 0 Å². The molecule has 20 heavy (non-hydrogen) atoms. The maximum Gasteiger partial charge on any atom is 0.251 e. The summed E-state index contributed by atoms with van der Waals surface area (Å²) in [7, 11) is -1.14. The van der Waals surface area contributed by atoms with Crippen molar-refractivity contribution < 1.29 is 17.9 Å². The van der Waals surface area contributed by atoms with Gasteiger partial charge in [0.1, 0.15) is 15.9 Å². The molecule has 1 aliphatic heterocycles. The van der Waals surface area contributed by atoms with Gasteiger partial charge in [-0.15, -0.1) is 0 Å². The number of ether oxygens (including phenoxy) is 1. The molecule has 1 aliphatic rings. The van der Waals surface area contributed by atoms with Crippen LogP contribution in [0.4, 0.5) is 0 Å². The van der Waals surface area contributed by atoms with Gasteiger partial charge in [0.25, 0.3) is 5.91 Å². The smallest absolute Gasteiger partial charge is 0.251 e. The molecule has 1 amide bonds. The van der Waals surface area contributed by atoms with Crippen molar-refractivity contribution in [3.63, 3.8) is 0 Å². The summed E-state index contributed by atoms with van der Waals surface area (Å²) in [5.41, 5.74) is 0. The van der Waals surface area contributed by atoms with E-state index in [1.165, 1.54) is 0 Å². The van der Waals surface area contributed by atoms with Gasteiger partial charge in [0, 0.05) is 19.7 Å². The van der Waals surface area contributed by atoms with E-state index in [2.05, 4.69) is 13.8 Å². The maximum atomic E-state index is 12.2. The Morgan fingerprint density at radius 3 is 2.30 bits per heavy atom. The molecule has 1 saturated heterocycles. The average molecular weight is 305 g/mol. The topological polar surface area (TPSA) is 63.7 Å². The minimum atomic E-state index is -2.89. The number of rotatable bonds is 6. The highest BCUT2D eigenvalue weighted by Gasteiger charge is 2.30. The maximum absolute atomic E-state index is 12.2. The summed E-state index contributed by atoms with van der Waals surface area (Å²) in [6.45, 7) is 6.57. The predicted octanol–water partition coefficient (Wildman–Crippen LogP) is 1.47. The van der Waals surface area contributed by atoms with Gasteiger partial charge >= 0.3 is 0 Å². The summed E-state index contributed by atoms with van der Waals surface area (Å²) < 4.78 is 28.4. The Bertz CT molecular complexity index is 405. The SMILES string of the molecule is CC(C)CCO[C@H](C)C(=O)N(C)C1CCS(=O)(=O)CC1. The standard InChI is InChI=1S/C14H27NO4S/c1-11(2)5-8-19-12(3)14(16)15(4)13-6-9-20(17,18)10-7-13/h11-13H,5-10H2,1-4H3/t12-/m1/s1. The fourth-order valence-corrected chi connectivity index (χ4v) is 3.75. The van der Waals surface area contributed by atoms with Gasteiger partial charge in [-0.05, 0) is 32.1 Å². The first-order valence-corrected chi connectivity index (χ1v) is 9.14. The van der Waals surface area contributed by atoms with E-state index in [1.807, 2.05) is 0 Å². The molecule has 1 rings (SSSR count). The molecule has 0 bridgehead atoms. The van der Waals surface area contributed by atoms with Crippen molar-refractivity contribution in [2.24, 2.45) is 5.92 Å². The van der Waals surface area contributed by atoms with Crippen molar-refractivity contribution in [3.8, 4) is 0 Å². The van der Waals surface area contributed by atoms with Gasteiger partial charge in [0.15, 0.2) is 0 Å². The van der Waals surface area contributed by atoms with E-state index in [0.29, 0.717) is 25.4 Å². The molecule has 0 unspecified atom stereocenters. The lowest BCUT2D eigenvalue weighted by Crippen LogP contribution is -2.46. The first-order valence-electron chi connectivity index (χ1n) is 7.31. The fraction of sp³-hybridized carbons (Fsp3) is 0.929. The van der Waals surface area contributed by atoms with Crippen LogP contribution in [0, 0.1) is 5.92 Å². The third-order valence-corrected chi connectivity index (χ3v) is 5.55. The Hall–Kier alpha value is -0.620. The van der Waals surface area contributed by atoms with Gasteiger partial charge in [-0.1, -0.05) is 13.8 Å². The lowest BCUT2D eigenvalue weighted by atomic mass is 10.1. The molecule has 118 valence electrons. The monoisotopic (exact) mass is 305 g/mol. The lowest BCUT2D eigenvalue weighted by molar-refractivity contribution is -0.143. The van der Waals surface area contributed by atoms with Crippen LogP contribution in [0.15, 0.2) is 0 Å². The second-order valence-corrected chi connectivity index (χ2v) is 8.33. The summed E-state index contributed by atoms with van der Waals surface area (Å²) in [5, 5.41) is 0. The largest absolute Gasteiger partial charge is 0.369 e. The summed E-state index contributed by atoms with van der Waals surface area (Å²) in [6.07, 6.45) is 1.53. The number of nitrogens with zero attached hydrogens (tertiary/aromatic N) is 1. The highest BCUT2D eigenvalue weighted by molar-refractivity contribution is 7.91. The number of amides is 1. The zero-order valence-corrected chi connectivity index (χ0v) is 13.8. The van der Waals surface area contributed by atoms with Gasteiger partial charge < -0.3 is 9.64 Å². The molecule has 1 heterocycles. The van der Waals surface area contributed by atoms with Gasteiger partial charge in [0.05, 0.1) is 11.5 Å². The molecule has 0 saturated carbocycles. The summed E-state index contributed by atoms with van der Waals surface area (Å²) in [6, 6.07) is 0.0159. The fourth-order valence-electron chi connectivity index (χ4n) is 2.28. The molecule has 5 nitrogen and oxygen atoms in total. The molecule has 0 radical (unpaired) electrons. The second-order valence-electron chi connectivity index (χ2n) is 6.03. The molecule has 0 aromatic rings. The predicted molar refractivity (Wildman–Crippen MR) is 79.3 cm³/mol. The first kappa shape index (κ1) is 17.4. The van der Waals surface area contributed by atoms with Crippen LogP contribution < -0.4 is 0 Å². The van der Waals surface area contributed by atoms with Gasteiger partial charge in [-0.2, -0.15) is 0 Å². The van der Waals surface area contributed by atoms with Crippen molar-refractivity contribution in [1.82, 2.24) is 4.90 Å². The highest BCUT2D eigenvalue weighted by Crippen LogP contribution is 2.18. The molecule has 0 N–H and O–H groups in total. The zero-order valence-electron chi connectivity index (χ0n) is 13.0. The van der Waals surface area contributed by atoms with Crippen LogP contribution in [0.1, 0.15) is 40.0 Å². The van der Waals surface area contributed by atoms with Crippen LogP contribution in [-0.4, -0.2) is 56.5 Å². The van der Waals surface area contributed by atoms with Crippen LogP contribution in [0.3, 0.4) is 0 Å². The zero-order chi connectivity index (χ0) is 15.3. The Morgan fingerprint density at radius 1 is 1.25 bits per heavy atom. The third-order valence-electron chi connectivity index (χ3n) is 3.83. The number of likely N-dealkylation sites (N-methyl/N-ethyl adjacent to an activating group) is 1. The van der Waals surface area contributed by atoms with Crippen LogP contribution in [-0.2, 0) is 19.4 Å². The number of sulfone groups is 1. The highest BCUT2D eigenvalue weighted by atomic mass is 32.2. The minimum Gasteiger partial charge on any atom is -0.369 e. The van der Waals surface area contributed by atoms with Crippen molar-refractivity contribution >= 4 is 15.7 Å². The molecular formula is C14H27NO4S. The van der Waals surface area contributed by atoms with Crippen molar-refractivity contribution in [3.05, 3.63) is 0 Å². The van der Waals surface area contributed by atoms with E-state index in [0.717, 1.165) is 6.42 Å². The van der Waals surface area contributed by atoms with Crippen LogP contribution in [0.5, 0.6) is 0 Å². The molecule has 6 heteroatoms. The summed E-state index contributed by atoms with van der Waals surface area (Å²) >= 11 is 0. The Labute approximate surface area is 122 Å². The number of hydrogen-bond donors (Lipinski definition) is 0. The van der Waals surface area contributed by atoms with Crippen LogP contribution in [0.25, 0.3) is 0 Å². The van der Waals surface area contributed by atoms with Crippen molar-refractivity contribution in [2.45, 2.75) is 52.2 Å². The Balaban J connectivity index is 2.42. The quantitative estimate of drug-likeness (QED) is 0.745. The number of carbonyl (C=O) groups excluding carboxylic acids is 1. The van der Waals surface area contributed by atoms with Gasteiger partial charge in [-0.3, -0.25) is 4.79 Å². The second kappa shape index (κ2) is 7.41. The van der Waals surface area contributed by atoms with Crippen molar-refractivity contribution in [1.29, 1.82) is 0 Å². The molecule has 0 aliphatic carbocycles. The van der Waals surface area contributed by atoms with E-state index in [4.69, 9.17) is 4.74 Å². The van der Waals surface area contributed by atoms with E-state index in [-0.39, 0.29) is 23.5 Å². The van der Waals surface area contributed by atoms with E-state index in [9.17, 15) is 13.2 Å². The number of carbonyl (C=O) groups is 1. The lowest BCUT2D eigenvalue weighted by Gasteiger charge is -2.32. The Morgan fingerprint density at radius 2 is 1.80 bits per heavy atom. The molecule has 0 aromatic carbocycles. The molecule has 0 aromatic heterocycles.